The Morgan fingerprint density at radius 2 is 1.86 bits per heavy atom. The second kappa shape index (κ2) is 8.08. The molecule has 0 aliphatic carbocycles. The lowest BCUT2D eigenvalue weighted by Gasteiger charge is -2.15. The van der Waals surface area contributed by atoms with E-state index < -0.39 is 0 Å². The molecule has 2 aromatic carbocycles. The molecule has 1 aliphatic rings. The van der Waals surface area contributed by atoms with Crippen LogP contribution in [0, 0.1) is 0 Å². The summed E-state index contributed by atoms with van der Waals surface area (Å²) in [5, 5.41) is 2.87. The highest BCUT2D eigenvalue weighted by Crippen LogP contribution is 2.34. The van der Waals surface area contributed by atoms with E-state index in [1.54, 1.807) is 18.2 Å². The van der Waals surface area contributed by atoms with Crippen molar-refractivity contribution >= 4 is 27.5 Å². The topological polar surface area (TPSA) is 63.9 Å². The average Bonchev–Trinajstić information content (AvgIpc) is 3.31. The molecule has 28 heavy (non-hydrogen) atoms. The smallest absolute Gasteiger partial charge is 0.238 e. The molecule has 7 heteroatoms. The number of nitrogens with zero attached hydrogens (tertiary/aromatic N) is 1. The monoisotopic (exact) mass is 442 g/mol. The van der Waals surface area contributed by atoms with E-state index in [0.29, 0.717) is 23.7 Å². The third-order valence-electron chi connectivity index (χ3n) is 4.29. The van der Waals surface area contributed by atoms with Gasteiger partial charge in [0.05, 0.1) is 13.1 Å². The second-order valence-electron chi connectivity index (χ2n) is 6.56. The van der Waals surface area contributed by atoms with Crippen molar-refractivity contribution in [2.45, 2.75) is 6.54 Å². The number of halogens is 1. The summed E-state index contributed by atoms with van der Waals surface area (Å²) in [6.45, 7) is 0.981. The number of carbonyl (C=O) groups is 1. The quantitative estimate of drug-likeness (QED) is 0.608. The van der Waals surface area contributed by atoms with Crippen molar-refractivity contribution in [3.63, 3.8) is 0 Å². The molecule has 0 unspecified atom stereocenters. The molecule has 0 spiro atoms. The van der Waals surface area contributed by atoms with Crippen molar-refractivity contribution in [1.29, 1.82) is 0 Å². The second-order valence-corrected chi connectivity index (χ2v) is 7.48. The average molecular weight is 443 g/mol. The molecule has 0 atom stereocenters. The van der Waals surface area contributed by atoms with E-state index in [0.717, 1.165) is 21.6 Å². The Morgan fingerprint density at radius 3 is 2.68 bits per heavy atom. The van der Waals surface area contributed by atoms with Crippen LogP contribution in [-0.4, -0.2) is 31.2 Å². The minimum Gasteiger partial charge on any atom is -0.460 e. The van der Waals surface area contributed by atoms with Gasteiger partial charge in [-0.25, -0.2) is 0 Å². The van der Waals surface area contributed by atoms with Crippen LogP contribution in [0.15, 0.2) is 63.5 Å². The molecular weight excluding hydrogens is 424 g/mol. The molecule has 0 saturated heterocycles. The van der Waals surface area contributed by atoms with Crippen LogP contribution in [0.5, 0.6) is 11.5 Å². The predicted molar refractivity (Wildman–Crippen MR) is 109 cm³/mol. The van der Waals surface area contributed by atoms with E-state index in [1.807, 2.05) is 48.3 Å². The summed E-state index contributed by atoms with van der Waals surface area (Å²) in [5.74, 6) is 2.83. The van der Waals surface area contributed by atoms with Gasteiger partial charge in [-0.3, -0.25) is 9.69 Å². The molecule has 2 heterocycles. The molecule has 6 nitrogen and oxygen atoms in total. The van der Waals surface area contributed by atoms with E-state index in [-0.39, 0.29) is 19.2 Å². The molecule has 3 aromatic rings. The molecule has 1 N–H and O–H groups in total. The summed E-state index contributed by atoms with van der Waals surface area (Å²) >= 11 is 3.43. The van der Waals surface area contributed by atoms with Gasteiger partial charge in [0.2, 0.25) is 12.7 Å². The molecule has 0 radical (unpaired) electrons. The van der Waals surface area contributed by atoms with Crippen LogP contribution < -0.4 is 14.8 Å². The van der Waals surface area contributed by atoms with E-state index in [9.17, 15) is 4.79 Å². The number of carbonyl (C=O) groups excluding carboxylic acids is 1. The molecule has 1 aromatic heterocycles. The lowest BCUT2D eigenvalue weighted by atomic mass is 10.2. The first-order chi connectivity index (χ1) is 13.6. The first-order valence-corrected chi connectivity index (χ1v) is 9.59. The number of hydrogen-bond acceptors (Lipinski definition) is 5. The summed E-state index contributed by atoms with van der Waals surface area (Å²) in [6, 6.07) is 17.2. The van der Waals surface area contributed by atoms with E-state index in [4.69, 9.17) is 13.9 Å². The number of rotatable bonds is 6. The number of likely N-dealkylation sites (N-methyl/N-ethyl adjacent to an activating group) is 1. The summed E-state index contributed by atoms with van der Waals surface area (Å²) in [6.07, 6.45) is 0. The Balaban J connectivity index is 1.32. The van der Waals surface area contributed by atoms with Gasteiger partial charge in [0, 0.05) is 21.8 Å². The molecule has 1 aliphatic heterocycles. The SMILES string of the molecule is CN(CC(=O)Nc1ccc2c(c1)OCO2)Cc1ccc(-c2ccc(Br)cc2)o1. The fourth-order valence-corrected chi connectivity index (χ4v) is 3.24. The van der Waals surface area contributed by atoms with Crippen LogP contribution in [-0.2, 0) is 11.3 Å². The number of amides is 1. The highest BCUT2D eigenvalue weighted by Gasteiger charge is 2.15. The number of hydrogen-bond donors (Lipinski definition) is 1. The van der Waals surface area contributed by atoms with Crippen LogP contribution in [0.25, 0.3) is 11.3 Å². The minimum absolute atomic E-state index is 0.110. The van der Waals surface area contributed by atoms with Crippen LogP contribution in [0.4, 0.5) is 5.69 Å². The lowest BCUT2D eigenvalue weighted by molar-refractivity contribution is -0.117. The number of nitrogens with one attached hydrogen (secondary N) is 1. The molecule has 0 fully saturated rings. The summed E-state index contributed by atoms with van der Waals surface area (Å²) in [7, 11) is 1.88. The van der Waals surface area contributed by atoms with Gasteiger partial charge in [-0.15, -0.1) is 0 Å². The van der Waals surface area contributed by atoms with E-state index in [1.165, 1.54) is 0 Å². The van der Waals surface area contributed by atoms with Crippen LogP contribution in [0.2, 0.25) is 0 Å². The fourth-order valence-electron chi connectivity index (χ4n) is 2.97. The van der Waals surface area contributed by atoms with E-state index in [2.05, 4.69) is 21.2 Å². The van der Waals surface area contributed by atoms with Gasteiger partial charge in [0.25, 0.3) is 0 Å². The predicted octanol–water partition coefficient (Wildman–Crippen LogP) is 4.51. The van der Waals surface area contributed by atoms with Gasteiger partial charge in [0.1, 0.15) is 11.5 Å². The molecule has 0 bridgehead atoms. The third-order valence-corrected chi connectivity index (χ3v) is 4.81. The maximum Gasteiger partial charge on any atom is 0.238 e. The van der Waals surface area contributed by atoms with Gasteiger partial charge in [-0.2, -0.15) is 0 Å². The third kappa shape index (κ3) is 4.37. The van der Waals surface area contributed by atoms with Crippen LogP contribution in [0.1, 0.15) is 5.76 Å². The summed E-state index contributed by atoms with van der Waals surface area (Å²) < 4.78 is 17.5. The molecule has 144 valence electrons. The van der Waals surface area contributed by atoms with Crippen LogP contribution in [0.3, 0.4) is 0 Å². The Kier molecular flexibility index (Phi) is 5.36. The molecular formula is C21H19BrN2O4. The molecule has 0 saturated carbocycles. The highest BCUT2D eigenvalue weighted by molar-refractivity contribution is 9.10. The van der Waals surface area contributed by atoms with Gasteiger partial charge < -0.3 is 19.2 Å². The molecule has 1 amide bonds. The maximum atomic E-state index is 12.3. The Hall–Kier alpha value is -2.77. The molecule has 4 rings (SSSR count). The van der Waals surface area contributed by atoms with Gasteiger partial charge in [0.15, 0.2) is 11.5 Å². The zero-order chi connectivity index (χ0) is 19.5. The highest BCUT2D eigenvalue weighted by atomic mass is 79.9. The van der Waals surface area contributed by atoms with Crippen molar-refractivity contribution < 1.29 is 18.7 Å². The number of ether oxygens (including phenoxy) is 2. The van der Waals surface area contributed by atoms with Gasteiger partial charge in [-0.05, 0) is 43.4 Å². The van der Waals surface area contributed by atoms with Crippen molar-refractivity contribution in [1.82, 2.24) is 4.90 Å². The maximum absolute atomic E-state index is 12.3. The summed E-state index contributed by atoms with van der Waals surface area (Å²) in [4.78, 5) is 14.2. The van der Waals surface area contributed by atoms with Crippen molar-refractivity contribution in [3.05, 3.63) is 64.8 Å². The standard InChI is InChI=1S/C21H19BrN2O4/c1-24(11-17-7-9-18(28-17)14-2-4-15(22)5-3-14)12-21(25)23-16-6-8-19-20(10-16)27-13-26-19/h2-10H,11-13H2,1H3,(H,23,25). The lowest BCUT2D eigenvalue weighted by Crippen LogP contribution is -2.29. The van der Waals surface area contributed by atoms with Crippen molar-refractivity contribution in [2.24, 2.45) is 0 Å². The Labute approximate surface area is 171 Å². The van der Waals surface area contributed by atoms with Crippen LogP contribution >= 0.6 is 15.9 Å². The number of furan rings is 1. The number of anilines is 1. The fraction of sp³-hybridized carbons (Fsp3) is 0.190. The summed E-state index contributed by atoms with van der Waals surface area (Å²) in [5.41, 5.74) is 1.69. The largest absolute Gasteiger partial charge is 0.460 e. The number of benzene rings is 2. The Bertz CT molecular complexity index is 984. The first-order valence-electron chi connectivity index (χ1n) is 8.79. The van der Waals surface area contributed by atoms with Gasteiger partial charge >= 0.3 is 0 Å². The number of fused-ring (bicyclic) bond motifs is 1. The van der Waals surface area contributed by atoms with Crippen molar-refractivity contribution in [2.75, 3.05) is 25.7 Å². The van der Waals surface area contributed by atoms with Gasteiger partial charge in [-0.1, -0.05) is 28.1 Å². The minimum atomic E-state index is -0.110. The normalized spacial score (nSPS) is 12.4. The van der Waals surface area contributed by atoms with E-state index >= 15 is 0 Å². The zero-order valence-electron chi connectivity index (χ0n) is 15.3. The van der Waals surface area contributed by atoms with Crippen molar-refractivity contribution in [3.8, 4) is 22.8 Å². The zero-order valence-corrected chi connectivity index (χ0v) is 16.9. The first kappa shape index (κ1) is 18.6. The Morgan fingerprint density at radius 1 is 1.07 bits per heavy atom.